The molecule has 0 atom stereocenters. The molecule has 0 aliphatic heterocycles. The van der Waals surface area contributed by atoms with Crippen LogP contribution in [0.25, 0.3) is 0 Å². The summed E-state index contributed by atoms with van der Waals surface area (Å²) in [6, 6.07) is 17.0. The lowest BCUT2D eigenvalue weighted by molar-refractivity contribution is 0.284. The van der Waals surface area contributed by atoms with E-state index < -0.39 is 0 Å². The topological polar surface area (TPSA) is 39.7 Å². The fourth-order valence-corrected chi connectivity index (χ4v) is 3.78. The highest BCUT2D eigenvalue weighted by molar-refractivity contribution is 6.36. The maximum atomic E-state index is 6.49. The Morgan fingerprint density at radius 1 is 0.806 bits per heavy atom. The van der Waals surface area contributed by atoms with Crippen LogP contribution >= 0.6 is 34.8 Å². The Bertz CT molecular complexity index is 989. The van der Waals surface area contributed by atoms with Crippen LogP contribution in [0.4, 0.5) is 0 Å². The third-order valence-corrected chi connectivity index (χ3v) is 5.89. The molecule has 3 aromatic rings. The SMILES string of the molecule is COc1ccc(CCNCc2cc(OC)c(OCc3c(Cl)cccc3Cl)cc2Cl)cc1. The van der Waals surface area contributed by atoms with Gasteiger partial charge in [0.2, 0.25) is 0 Å². The highest BCUT2D eigenvalue weighted by atomic mass is 35.5. The number of hydrogen-bond acceptors (Lipinski definition) is 4. The first-order chi connectivity index (χ1) is 15.0. The second-order valence-electron chi connectivity index (χ2n) is 6.86. The Hall–Kier alpha value is -2.11. The molecule has 0 unspecified atom stereocenters. The van der Waals surface area contributed by atoms with Gasteiger partial charge in [0, 0.05) is 33.2 Å². The number of hydrogen-bond donors (Lipinski definition) is 1. The van der Waals surface area contributed by atoms with Gasteiger partial charge < -0.3 is 19.5 Å². The molecule has 0 aliphatic carbocycles. The molecule has 0 spiro atoms. The minimum atomic E-state index is 0.213. The molecule has 3 aromatic carbocycles. The molecule has 0 bridgehead atoms. The van der Waals surface area contributed by atoms with E-state index in [0.29, 0.717) is 38.7 Å². The van der Waals surface area contributed by atoms with Crippen molar-refractivity contribution in [2.45, 2.75) is 19.6 Å². The molecule has 0 saturated heterocycles. The molecule has 0 saturated carbocycles. The predicted molar refractivity (Wildman–Crippen MR) is 127 cm³/mol. The predicted octanol–water partition coefficient (Wildman–Crippen LogP) is 6.58. The molecule has 0 amide bonds. The molecule has 0 aromatic heterocycles. The second kappa shape index (κ2) is 11.5. The Balaban J connectivity index is 1.59. The lowest BCUT2D eigenvalue weighted by Gasteiger charge is -2.15. The van der Waals surface area contributed by atoms with Crippen molar-refractivity contribution in [1.29, 1.82) is 0 Å². The van der Waals surface area contributed by atoms with E-state index in [2.05, 4.69) is 17.4 Å². The molecular weight excluding hydrogens is 457 g/mol. The molecule has 0 radical (unpaired) electrons. The van der Waals surface area contributed by atoms with Crippen LogP contribution in [-0.2, 0) is 19.6 Å². The van der Waals surface area contributed by atoms with Crippen molar-refractivity contribution in [3.05, 3.63) is 86.4 Å². The van der Waals surface area contributed by atoms with E-state index in [1.807, 2.05) is 18.2 Å². The summed E-state index contributed by atoms with van der Waals surface area (Å²) in [5.74, 6) is 1.99. The molecule has 4 nitrogen and oxygen atoms in total. The average Bonchev–Trinajstić information content (AvgIpc) is 2.77. The smallest absolute Gasteiger partial charge is 0.163 e. The van der Waals surface area contributed by atoms with Crippen LogP contribution in [0, 0.1) is 0 Å². The number of nitrogens with one attached hydrogen (secondary N) is 1. The van der Waals surface area contributed by atoms with Gasteiger partial charge in [-0.05, 0) is 54.4 Å². The quantitative estimate of drug-likeness (QED) is 0.333. The lowest BCUT2D eigenvalue weighted by atomic mass is 10.1. The van der Waals surface area contributed by atoms with Gasteiger partial charge in [-0.2, -0.15) is 0 Å². The van der Waals surface area contributed by atoms with E-state index in [4.69, 9.17) is 49.0 Å². The summed E-state index contributed by atoms with van der Waals surface area (Å²) in [6.07, 6.45) is 0.901. The van der Waals surface area contributed by atoms with Crippen molar-refractivity contribution in [3.8, 4) is 17.2 Å². The zero-order valence-electron chi connectivity index (χ0n) is 17.4. The fourth-order valence-electron chi connectivity index (χ4n) is 3.05. The van der Waals surface area contributed by atoms with Gasteiger partial charge in [0.25, 0.3) is 0 Å². The van der Waals surface area contributed by atoms with E-state index in [-0.39, 0.29) is 6.61 Å². The zero-order valence-corrected chi connectivity index (χ0v) is 19.7. The Labute approximate surface area is 198 Å². The normalized spacial score (nSPS) is 10.7. The third kappa shape index (κ3) is 6.44. The van der Waals surface area contributed by atoms with Crippen LogP contribution in [0.1, 0.15) is 16.7 Å². The molecule has 31 heavy (non-hydrogen) atoms. The van der Waals surface area contributed by atoms with Gasteiger partial charge in [-0.15, -0.1) is 0 Å². The van der Waals surface area contributed by atoms with E-state index in [0.717, 1.165) is 24.3 Å². The van der Waals surface area contributed by atoms with Crippen molar-refractivity contribution >= 4 is 34.8 Å². The van der Waals surface area contributed by atoms with Crippen molar-refractivity contribution in [2.75, 3.05) is 20.8 Å². The van der Waals surface area contributed by atoms with Crippen molar-refractivity contribution in [3.63, 3.8) is 0 Å². The van der Waals surface area contributed by atoms with Crippen LogP contribution in [0.15, 0.2) is 54.6 Å². The molecule has 164 valence electrons. The van der Waals surface area contributed by atoms with Crippen LogP contribution in [0.2, 0.25) is 15.1 Å². The van der Waals surface area contributed by atoms with Crippen LogP contribution in [0.3, 0.4) is 0 Å². The van der Waals surface area contributed by atoms with Crippen LogP contribution in [0.5, 0.6) is 17.2 Å². The summed E-state index contributed by atoms with van der Waals surface area (Å²) < 4.78 is 16.6. The minimum absolute atomic E-state index is 0.213. The van der Waals surface area contributed by atoms with E-state index in [1.165, 1.54) is 5.56 Å². The molecule has 0 heterocycles. The first-order valence-corrected chi connectivity index (χ1v) is 10.9. The summed E-state index contributed by atoms with van der Waals surface area (Å²) >= 11 is 18.9. The Morgan fingerprint density at radius 2 is 1.52 bits per heavy atom. The molecule has 0 aliphatic rings. The molecule has 7 heteroatoms. The summed E-state index contributed by atoms with van der Waals surface area (Å²) in [5.41, 5.74) is 2.88. The minimum Gasteiger partial charge on any atom is -0.497 e. The standard InChI is InChI=1S/C24H24Cl3NO3/c1-29-18-8-6-16(7-9-18)10-11-28-14-17-12-23(30-2)24(13-22(17)27)31-15-19-20(25)4-3-5-21(19)26/h3-9,12-13,28H,10-11,14-15H2,1-2H3. The molecule has 1 N–H and O–H groups in total. The third-order valence-electron chi connectivity index (χ3n) is 4.83. The average molecular weight is 481 g/mol. The number of rotatable bonds is 10. The summed E-state index contributed by atoms with van der Waals surface area (Å²) in [5, 5.41) is 5.11. The lowest BCUT2D eigenvalue weighted by Crippen LogP contribution is -2.17. The van der Waals surface area contributed by atoms with Gasteiger partial charge in [0.1, 0.15) is 12.4 Å². The van der Waals surface area contributed by atoms with Gasteiger partial charge in [-0.3, -0.25) is 0 Å². The second-order valence-corrected chi connectivity index (χ2v) is 8.08. The fraction of sp³-hybridized carbons (Fsp3) is 0.250. The van der Waals surface area contributed by atoms with Crippen LogP contribution < -0.4 is 19.5 Å². The summed E-state index contributed by atoms with van der Waals surface area (Å²) in [7, 11) is 3.26. The van der Waals surface area contributed by atoms with Gasteiger partial charge in [-0.1, -0.05) is 53.0 Å². The number of benzene rings is 3. The first-order valence-electron chi connectivity index (χ1n) is 9.77. The monoisotopic (exact) mass is 479 g/mol. The summed E-state index contributed by atoms with van der Waals surface area (Å²) in [6.45, 7) is 1.64. The van der Waals surface area contributed by atoms with Gasteiger partial charge >= 0.3 is 0 Å². The molecule has 0 fully saturated rings. The van der Waals surface area contributed by atoms with E-state index >= 15 is 0 Å². The van der Waals surface area contributed by atoms with Gasteiger partial charge in [-0.25, -0.2) is 0 Å². The van der Waals surface area contributed by atoms with Crippen molar-refractivity contribution in [2.24, 2.45) is 0 Å². The highest BCUT2D eigenvalue weighted by Crippen LogP contribution is 2.35. The first kappa shape index (κ1) is 23.6. The number of methoxy groups -OCH3 is 2. The van der Waals surface area contributed by atoms with Crippen LogP contribution in [-0.4, -0.2) is 20.8 Å². The van der Waals surface area contributed by atoms with E-state index in [9.17, 15) is 0 Å². The largest absolute Gasteiger partial charge is 0.497 e. The zero-order chi connectivity index (χ0) is 22.2. The van der Waals surface area contributed by atoms with Crippen molar-refractivity contribution < 1.29 is 14.2 Å². The van der Waals surface area contributed by atoms with Gasteiger partial charge in [0.15, 0.2) is 11.5 Å². The number of ether oxygens (including phenoxy) is 3. The van der Waals surface area contributed by atoms with E-state index in [1.54, 1.807) is 38.5 Å². The van der Waals surface area contributed by atoms with Crippen molar-refractivity contribution in [1.82, 2.24) is 5.32 Å². The Kier molecular flexibility index (Phi) is 8.73. The maximum Gasteiger partial charge on any atom is 0.163 e. The maximum absolute atomic E-state index is 6.49. The molecular formula is C24H24Cl3NO3. The van der Waals surface area contributed by atoms with Gasteiger partial charge in [0.05, 0.1) is 14.2 Å². The Morgan fingerprint density at radius 3 is 2.16 bits per heavy atom. The summed E-state index contributed by atoms with van der Waals surface area (Å²) in [4.78, 5) is 0. The number of halogens is 3. The highest BCUT2D eigenvalue weighted by Gasteiger charge is 2.13. The molecule has 3 rings (SSSR count).